The van der Waals surface area contributed by atoms with Gasteiger partial charge < -0.3 is 0 Å². The molecule has 3 aromatic carbocycles. The third kappa shape index (κ3) is 2.31. The fourth-order valence-electron chi connectivity index (χ4n) is 4.24. The molecular formula is C23H23S+. The number of hydrogen-bond acceptors (Lipinski definition) is 0. The van der Waals surface area contributed by atoms with Crippen molar-refractivity contribution in [2.45, 2.75) is 36.5 Å². The molecule has 24 heavy (non-hydrogen) atoms. The Morgan fingerprint density at radius 1 is 0.708 bits per heavy atom. The third-order valence-corrected chi connectivity index (χ3v) is 7.21. The number of aryl methyl sites for hydroxylation is 3. The van der Waals surface area contributed by atoms with Crippen molar-refractivity contribution in [3.63, 3.8) is 0 Å². The number of benzene rings is 3. The summed E-state index contributed by atoms with van der Waals surface area (Å²) in [5.41, 5.74) is 8.60. The predicted octanol–water partition coefficient (Wildman–Crippen LogP) is 5.77. The predicted molar refractivity (Wildman–Crippen MR) is 104 cm³/mol. The van der Waals surface area contributed by atoms with Crippen LogP contribution in [-0.2, 0) is 10.9 Å². The largest absolute Gasteiger partial charge is 0.164 e. The summed E-state index contributed by atoms with van der Waals surface area (Å²) in [5.74, 6) is 0.349. The first-order valence-electron chi connectivity index (χ1n) is 8.49. The summed E-state index contributed by atoms with van der Waals surface area (Å²) in [4.78, 5) is 3.00. The molecule has 3 aromatic rings. The Kier molecular flexibility index (Phi) is 3.77. The monoisotopic (exact) mass is 331 g/mol. The smallest absolute Gasteiger partial charge is 0.0616 e. The standard InChI is InChI=1S/C23H23S/c1-15-13-16(2)22(17(3)14-15)23-18-9-5-7-11-20(18)24(4)21-12-8-6-10-19(21)23/h5-14,23H,1-4H3/q+1. The molecule has 120 valence electrons. The molecule has 1 heterocycles. The van der Waals surface area contributed by atoms with Gasteiger partial charge in [0, 0.05) is 17.0 Å². The summed E-state index contributed by atoms with van der Waals surface area (Å²) in [6.07, 6.45) is 2.36. The minimum Gasteiger partial charge on any atom is -0.0616 e. The Morgan fingerprint density at radius 2 is 1.17 bits per heavy atom. The highest BCUT2D eigenvalue weighted by molar-refractivity contribution is 7.96. The summed E-state index contributed by atoms with van der Waals surface area (Å²) >= 11 is 0. The molecule has 0 aromatic heterocycles. The van der Waals surface area contributed by atoms with E-state index in [-0.39, 0.29) is 10.9 Å². The Bertz CT molecular complexity index is 852. The Balaban J connectivity index is 2.05. The van der Waals surface area contributed by atoms with Gasteiger partial charge in [0.25, 0.3) is 0 Å². The first-order chi connectivity index (χ1) is 11.6. The van der Waals surface area contributed by atoms with E-state index in [1.807, 2.05) is 0 Å². The minimum absolute atomic E-state index is 0.148. The van der Waals surface area contributed by atoms with E-state index in [1.165, 1.54) is 43.2 Å². The highest BCUT2D eigenvalue weighted by Crippen LogP contribution is 2.46. The van der Waals surface area contributed by atoms with Crippen molar-refractivity contribution >= 4 is 10.9 Å². The third-order valence-electron chi connectivity index (χ3n) is 5.15. The Morgan fingerprint density at radius 3 is 1.67 bits per heavy atom. The molecule has 0 nitrogen and oxygen atoms in total. The van der Waals surface area contributed by atoms with Crippen molar-refractivity contribution < 1.29 is 0 Å². The molecule has 0 fully saturated rings. The first-order valence-corrected chi connectivity index (χ1v) is 10.1. The van der Waals surface area contributed by atoms with E-state index in [0.29, 0.717) is 5.92 Å². The molecule has 0 saturated carbocycles. The van der Waals surface area contributed by atoms with E-state index in [9.17, 15) is 0 Å². The van der Waals surface area contributed by atoms with Crippen LogP contribution >= 0.6 is 0 Å². The van der Waals surface area contributed by atoms with Crippen molar-refractivity contribution in [3.05, 3.63) is 94.0 Å². The molecule has 4 rings (SSSR count). The number of hydrogen-bond donors (Lipinski definition) is 0. The Hall–Kier alpha value is -1.99. The fourth-order valence-corrected chi connectivity index (χ4v) is 6.12. The molecular weight excluding hydrogens is 308 g/mol. The second-order valence-electron chi connectivity index (χ2n) is 6.83. The highest BCUT2D eigenvalue weighted by Gasteiger charge is 2.38. The second kappa shape index (κ2) is 5.82. The summed E-state index contributed by atoms with van der Waals surface area (Å²) in [6.45, 7) is 6.72. The van der Waals surface area contributed by atoms with Crippen LogP contribution in [0.2, 0.25) is 0 Å². The quantitative estimate of drug-likeness (QED) is 0.496. The molecule has 0 radical (unpaired) electrons. The average Bonchev–Trinajstić information content (AvgIpc) is 2.57. The number of fused-ring (bicyclic) bond motifs is 2. The molecule has 0 bridgehead atoms. The van der Waals surface area contributed by atoms with E-state index in [2.05, 4.69) is 87.7 Å². The lowest BCUT2D eigenvalue weighted by Gasteiger charge is -2.29. The molecule has 1 heteroatoms. The van der Waals surface area contributed by atoms with Crippen molar-refractivity contribution in [1.29, 1.82) is 0 Å². The van der Waals surface area contributed by atoms with E-state index in [1.54, 1.807) is 0 Å². The van der Waals surface area contributed by atoms with Crippen molar-refractivity contribution in [2.24, 2.45) is 0 Å². The molecule has 1 aliphatic rings. The van der Waals surface area contributed by atoms with Crippen LogP contribution in [0.25, 0.3) is 0 Å². The summed E-state index contributed by atoms with van der Waals surface area (Å²) in [7, 11) is 0.148. The zero-order valence-corrected chi connectivity index (χ0v) is 15.6. The lowest BCUT2D eigenvalue weighted by molar-refractivity contribution is 0.877. The van der Waals surface area contributed by atoms with Crippen LogP contribution < -0.4 is 0 Å². The average molecular weight is 332 g/mol. The van der Waals surface area contributed by atoms with Crippen LogP contribution in [0.15, 0.2) is 70.5 Å². The molecule has 0 unspecified atom stereocenters. The van der Waals surface area contributed by atoms with Gasteiger partial charge in [-0.25, -0.2) is 0 Å². The van der Waals surface area contributed by atoms with Gasteiger partial charge in [-0.05, 0) is 49.6 Å². The van der Waals surface area contributed by atoms with Crippen LogP contribution in [0, 0.1) is 20.8 Å². The maximum Gasteiger partial charge on any atom is 0.164 e. The van der Waals surface area contributed by atoms with Crippen molar-refractivity contribution in [1.82, 2.24) is 0 Å². The van der Waals surface area contributed by atoms with E-state index < -0.39 is 0 Å². The lowest BCUT2D eigenvalue weighted by atomic mass is 9.80. The van der Waals surface area contributed by atoms with Gasteiger partial charge in [-0.15, -0.1) is 0 Å². The van der Waals surface area contributed by atoms with Crippen molar-refractivity contribution in [3.8, 4) is 0 Å². The van der Waals surface area contributed by atoms with Gasteiger partial charge >= 0.3 is 0 Å². The van der Waals surface area contributed by atoms with Gasteiger partial charge in [0.05, 0.1) is 10.9 Å². The Labute approximate surface area is 147 Å². The molecule has 0 aliphatic carbocycles. The van der Waals surface area contributed by atoms with Gasteiger partial charge in [0.15, 0.2) is 9.79 Å². The zero-order chi connectivity index (χ0) is 16.8. The maximum absolute atomic E-state index is 2.36. The van der Waals surface area contributed by atoms with Crippen LogP contribution in [0.1, 0.15) is 39.3 Å². The van der Waals surface area contributed by atoms with E-state index in [0.717, 1.165) is 0 Å². The SMILES string of the molecule is Cc1cc(C)c(C2c3ccccc3[S+](C)c3ccccc32)c(C)c1. The van der Waals surface area contributed by atoms with E-state index in [4.69, 9.17) is 0 Å². The molecule has 0 amide bonds. The van der Waals surface area contributed by atoms with Crippen LogP contribution in [0.5, 0.6) is 0 Å². The van der Waals surface area contributed by atoms with Crippen LogP contribution in [-0.4, -0.2) is 6.26 Å². The molecule has 1 aliphatic heterocycles. The molecule has 0 atom stereocenters. The van der Waals surface area contributed by atoms with Gasteiger partial charge in [0.2, 0.25) is 0 Å². The first kappa shape index (κ1) is 15.5. The van der Waals surface area contributed by atoms with Crippen LogP contribution in [0.3, 0.4) is 0 Å². The fraction of sp³-hybridized carbons (Fsp3) is 0.217. The van der Waals surface area contributed by atoms with Gasteiger partial charge in [-0.3, -0.25) is 0 Å². The van der Waals surface area contributed by atoms with E-state index >= 15 is 0 Å². The van der Waals surface area contributed by atoms with Crippen LogP contribution in [0.4, 0.5) is 0 Å². The zero-order valence-electron chi connectivity index (χ0n) is 14.8. The van der Waals surface area contributed by atoms with Gasteiger partial charge in [-0.1, -0.05) is 54.1 Å². The molecule has 0 saturated heterocycles. The summed E-state index contributed by atoms with van der Waals surface area (Å²) in [6, 6.07) is 22.7. The molecule has 0 spiro atoms. The number of rotatable bonds is 1. The normalized spacial score (nSPS) is 18.8. The minimum atomic E-state index is 0.148. The summed E-state index contributed by atoms with van der Waals surface area (Å²) < 4.78 is 0. The molecule has 0 N–H and O–H groups in total. The lowest BCUT2D eigenvalue weighted by Crippen LogP contribution is -2.20. The van der Waals surface area contributed by atoms with Crippen molar-refractivity contribution in [2.75, 3.05) is 6.26 Å². The second-order valence-corrected chi connectivity index (χ2v) is 8.73. The summed E-state index contributed by atoms with van der Waals surface area (Å²) in [5, 5.41) is 0. The highest BCUT2D eigenvalue weighted by atomic mass is 32.2. The van der Waals surface area contributed by atoms with Gasteiger partial charge in [-0.2, -0.15) is 0 Å². The van der Waals surface area contributed by atoms with Gasteiger partial charge in [0.1, 0.15) is 6.26 Å². The topological polar surface area (TPSA) is 0 Å². The maximum atomic E-state index is 2.36.